The largest absolute Gasteiger partial charge is 0.0654 e. The Morgan fingerprint density at radius 2 is 1.28 bits per heavy atom. The number of hydrogen-bond donors (Lipinski definition) is 0. The van der Waals surface area contributed by atoms with E-state index >= 15 is 0 Å². The Kier molecular flexibility index (Phi) is 8.99. The molecule has 0 radical (unpaired) electrons. The highest BCUT2D eigenvalue weighted by Gasteiger charge is 2.32. The lowest BCUT2D eigenvalue weighted by atomic mass is 9.66. The molecular weight excluding hydrogens is 216 g/mol. The van der Waals surface area contributed by atoms with E-state index in [4.69, 9.17) is 0 Å². The van der Waals surface area contributed by atoms with Crippen LogP contribution in [0.2, 0.25) is 0 Å². The van der Waals surface area contributed by atoms with Crippen molar-refractivity contribution >= 4 is 0 Å². The SMILES string of the molecule is CCCCC(C)C(C(C)C(C)C)C(C)C(C)CC. The Labute approximate surface area is 117 Å². The van der Waals surface area contributed by atoms with Gasteiger partial charge in [-0.3, -0.25) is 0 Å². The molecule has 0 heterocycles. The average molecular weight is 255 g/mol. The minimum Gasteiger partial charge on any atom is -0.0654 e. The van der Waals surface area contributed by atoms with Crippen LogP contribution in [0.3, 0.4) is 0 Å². The van der Waals surface area contributed by atoms with Crippen molar-refractivity contribution in [3.63, 3.8) is 0 Å². The molecule has 0 saturated heterocycles. The highest BCUT2D eigenvalue weighted by atomic mass is 14.4. The van der Waals surface area contributed by atoms with Crippen LogP contribution in [-0.2, 0) is 0 Å². The van der Waals surface area contributed by atoms with E-state index in [1.165, 1.54) is 25.7 Å². The van der Waals surface area contributed by atoms with Crippen molar-refractivity contribution in [2.24, 2.45) is 35.5 Å². The van der Waals surface area contributed by atoms with Gasteiger partial charge in [0.1, 0.15) is 0 Å². The second kappa shape index (κ2) is 8.99. The molecule has 5 unspecified atom stereocenters. The molecular formula is C18H38. The first-order valence-electron chi connectivity index (χ1n) is 8.36. The summed E-state index contributed by atoms with van der Waals surface area (Å²) in [5, 5.41) is 0. The molecule has 0 aromatic carbocycles. The predicted molar refractivity (Wildman–Crippen MR) is 84.8 cm³/mol. The third-order valence-corrected chi connectivity index (χ3v) is 5.48. The van der Waals surface area contributed by atoms with E-state index in [1.54, 1.807) is 0 Å². The summed E-state index contributed by atoms with van der Waals surface area (Å²) in [5.41, 5.74) is 0. The summed E-state index contributed by atoms with van der Waals surface area (Å²) in [5.74, 6) is 5.16. The quantitative estimate of drug-likeness (QED) is 0.446. The van der Waals surface area contributed by atoms with Crippen LogP contribution >= 0.6 is 0 Å². The van der Waals surface area contributed by atoms with Crippen molar-refractivity contribution in [2.75, 3.05) is 0 Å². The summed E-state index contributed by atoms with van der Waals surface area (Å²) in [6.45, 7) is 19.4. The van der Waals surface area contributed by atoms with E-state index in [0.717, 1.165) is 35.5 Å². The van der Waals surface area contributed by atoms with E-state index in [2.05, 4.69) is 55.4 Å². The third kappa shape index (κ3) is 5.33. The maximum absolute atomic E-state index is 2.50. The predicted octanol–water partition coefficient (Wildman–Crippen LogP) is 6.40. The fraction of sp³-hybridized carbons (Fsp3) is 1.00. The van der Waals surface area contributed by atoms with Gasteiger partial charge < -0.3 is 0 Å². The van der Waals surface area contributed by atoms with Crippen LogP contribution < -0.4 is 0 Å². The molecule has 0 aliphatic carbocycles. The number of rotatable bonds is 9. The minimum absolute atomic E-state index is 0.811. The smallest absolute Gasteiger partial charge is 0.0332 e. The summed E-state index contributed by atoms with van der Waals surface area (Å²) in [6, 6.07) is 0. The van der Waals surface area contributed by atoms with Gasteiger partial charge in [0.2, 0.25) is 0 Å². The standard InChI is InChI=1S/C18H38/c1-9-11-12-15(6)18(16(7)13(3)4)17(8)14(5)10-2/h13-18H,9-12H2,1-8H3. The second-order valence-electron chi connectivity index (χ2n) is 7.04. The first-order chi connectivity index (χ1) is 8.36. The van der Waals surface area contributed by atoms with E-state index in [9.17, 15) is 0 Å². The van der Waals surface area contributed by atoms with Gasteiger partial charge in [0.05, 0.1) is 0 Å². The fourth-order valence-electron chi connectivity index (χ4n) is 3.43. The average Bonchev–Trinajstić information content (AvgIpc) is 2.34. The van der Waals surface area contributed by atoms with Crippen molar-refractivity contribution in [2.45, 2.75) is 81.1 Å². The van der Waals surface area contributed by atoms with E-state index in [0.29, 0.717) is 0 Å². The maximum Gasteiger partial charge on any atom is -0.0332 e. The zero-order valence-electron chi connectivity index (χ0n) is 14.3. The van der Waals surface area contributed by atoms with E-state index < -0.39 is 0 Å². The van der Waals surface area contributed by atoms with Gasteiger partial charge in [-0.25, -0.2) is 0 Å². The molecule has 0 rings (SSSR count). The monoisotopic (exact) mass is 254 g/mol. The molecule has 0 amide bonds. The lowest BCUT2D eigenvalue weighted by Gasteiger charge is -2.39. The van der Waals surface area contributed by atoms with Gasteiger partial charge in [-0.1, -0.05) is 81.1 Å². The molecule has 110 valence electrons. The van der Waals surface area contributed by atoms with Gasteiger partial charge in [0, 0.05) is 0 Å². The molecule has 0 aliphatic rings. The van der Waals surface area contributed by atoms with Crippen LogP contribution in [0.25, 0.3) is 0 Å². The fourth-order valence-corrected chi connectivity index (χ4v) is 3.43. The van der Waals surface area contributed by atoms with Crippen LogP contribution in [0.5, 0.6) is 0 Å². The molecule has 0 N–H and O–H groups in total. The molecule has 0 spiro atoms. The minimum atomic E-state index is 0.811. The van der Waals surface area contributed by atoms with Crippen LogP contribution in [-0.4, -0.2) is 0 Å². The Morgan fingerprint density at radius 3 is 1.67 bits per heavy atom. The molecule has 0 bridgehead atoms. The summed E-state index contributed by atoms with van der Waals surface area (Å²) in [4.78, 5) is 0. The van der Waals surface area contributed by atoms with Gasteiger partial charge in [0.15, 0.2) is 0 Å². The first kappa shape index (κ1) is 18.0. The molecule has 5 atom stereocenters. The van der Waals surface area contributed by atoms with E-state index in [1.807, 2.05) is 0 Å². The highest BCUT2D eigenvalue weighted by Crippen LogP contribution is 2.39. The molecule has 0 heteroatoms. The number of unbranched alkanes of at least 4 members (excludes halogenated alkanes) is 1. The van der Waals surface area contributed by atoms with Crippen molar-refractivity contribution in [3.8, 4) is 0 Å². The first-order valence-corrected chi connectivity index (χ1v) is 8.36. The Morgan fingerprint density at radius 1 is 0.722 bits per heavy atom. The van der Waals surface area contributed by atoms with Crippen LogP contribution in [0.4, 0.5) is 0 Å². The second-order valence-corrected chi connectivity index (χ2v) is 7.04. The summed E-state index contributed by atoms with van der Waals surface area (Å²) in [6.07, 6.45) is 5.47. The third-order valence-electron chi connectivity index (χ3n) is 5.48. The lowest BCUT2D eigenvalue weighted by molar-refractivity contribution is 0.0976. The highest BCUT2D eigenvalue weighted by molar-refractivity contribution is 4.81. The van der Waals surface area contributed by atoms with Gasteiger partial charge >= 0.3 is 0 Å². The summed E-state index contributed by atoms with van der Waals surface area (Å²) < 4.78 is 0. The van der Waals surface area contributed by atoms with Gasteiger partial charge in [-0.2, -0.15) is 0 Å². The van der Waals surface area contributed by atoms with Crippen LogP contribution in [0.15, 0.2) is 0 Å². The molecule has 0 saturated carbocycles. The maximum atomic E-state index is 2.50. The lowest BCUT2D eigenvalue weighted by Crippen LogP contribution is -2.32. The molecule has 0 aliphatic heterocycles. The van der Waals surface area contributed by atoms with Crippen LogP contribution in [0.1, 0.15) is 81.1 Å². The van der Waals surface area contributed by atoms with Gasteiger partial charge in [0.25, 0.3) is 0 Å². The van der Waals surface area contributed by atoms with E-state index in [-0.39, 0.29) is 0 Å². The molecule has 0 fully saturated rings. The van der Waals surface area contributed by atoms with Gasteiger partial charge in [-0.05, 0) is 35.5 Å². The Balaban J connectivity index is 4.80. The van der Waals surface area contributed by atoms with Gasteiger partial charge in [-0.15, -0.1) is 0 Å². The Hall–Kier alpha value is 0. The zero-order chi connectivity index (χ0) is 14.3. The molecule has 0 nitrogen and oxygen atoms in total. The van der Waals surface area contributed by atoms with Crippen molar-refractivity contribution in [1.29, 1.82) is 0 Å². The van der Waals surface area contributed by atoms with Crippen molar-refractivity contribution in [3.05, 3.63) is 0 Å². The zero-order valence-corrected chi connectivity index (χ0v) is 14.3. The Bertz CT molecular complexity index is 194. The molecule has 0 aromatic heterocycles. The summed E-state index contributed by atoms with van der Waals surface area (Å²) >= 11 is 0. The van der Waals surface area contributed by atoms with Crippen molar-refractivity contribution < 1.29 is 0 Å². The van der Waals surface area contributed by atoms with Crippen molar-refractivity contribution in [1.82, 2.24) is 0 Å². The molecule has 0 aromatic rings. The normalized spacial score (nSPS) is 20.5. The number of hydrogen-bond acceptors (Lipinski definition) is 0. The molecule has 18 heavy (non-hydrogen) atoms. The van der Waals surface area contributed by atoms with Crippen LogP contribution in [0, 0.1) is 35.5 Å². The summed E-state index contributed by atoms with van der Waals surface area (Å²) in [7, 11) is 0. The topological polar surface area (TPSA) is 0 Å².